The van der Waals surface area contributed by atoms with Crippen LogP contribution in [0.4, 0.5) is 0 Å². The summed E-state index contributed by atoms with van der Waals surface area (Å²) < 4.78 is 15.0. The summed E-state index contributed by atoms with van der Waals surface area (Å²) in [6.45, 7) is 0.120. The van der Waals surface area contributed by atoms with Gasteiger partial charge in [0.05, 0.1) is 18.0 Å². The standard InChI is InChI=1S/C12H9NO5/c1-16-12(15)7-4-13-9-6(10(7)14)2-3-8-11(9)18-5-17-8/h2-4H,5H2,1H3,(H,13,14). The first-order valence-corrected chi connectivity index (χ1v) is 5.24. The SMILES string of the molecule is COC(=O)c1c[nH]c2c3c(ccc2c1=O)OCO3. The third kappa shape index (κ3) is 1.35. The van der Waals surface area contributed by atoms with Crippen LogP contribution in [0, 0.1) is 0 Å². The molecule has 1 aliphatic heterocycles. The van der Waals surface area contributed by atoms with Crippen LogP contribution >= 0.6 is 0 Å². The second kappa shape index (κ2) is 3.76. The fourth-order valence-corrected chi connectivity index (χ4v) is 1.92. The molecule has 2 heterocycles. The number of carbonyl (C=O) groups is 1. The molecule has 0 spiro atoms. The highest BCUT2D eigenvalue weighted by Crippen LogP contribution is 2.36. The smallest absolute Gasteiger partial charge is 0.343 e. The molecule has 0 unspecified atom stereocenters. The second-order valence-corrected chi connectivity index (χ2v) is 3.74. The number of hydrogen-bond donors (Lipinski definition) is 1. The fraction of sp³-hybridized carbons (Fsp3) is 0.167. The van der Waals surface area contributed by atoms with Crippen LogP contribution in [0.25, 0.3) is 10.9 Å². The number of rotatable bonds is 1. The summed E-state index contributed by atoms with van der Waals surface area (Å²) in [7, 11) is 1.23. The Balaban J connectivity index is 2.32. The third-order valence-electron chi connectivity index (χ3n) is 2.79. The Kier molecular flexibility index (Phi) is 2.22. The van der Waals surface area contributed by atoms with Gasteiger partial charge >= 0.3 is 5.97 Å². The van der Waals surface area contributed by atoms with E-state index in [2.05, 4.69) is 9.72 Å². The van der Waals surface area contributed by atoms with Crippen molar-refractivity contribution in [3.8, 4) is 11.5 Å². The van der Waals surface area contributed by atoms with E-state index in [1.54, 1.807) is 12.1 Å². The largest absolute Gasteiger partial charge is 0.465 e. The number of aromatic amines is 1. The molecule has 92 valence electrons. The number of benzene rings is 1. The van der Waals surface area contributed by atoms with Crippen LogP contribution in [-0.2, 0) is 4.74 Å². The molecule has 0 saturated carbocycles. The molecule has 0 amide bonds. The van der Waals surface area contributed by atoms with Crippen LogP contribution in [0.1, 0.15) is 10.4 Å². The molecule has 3 rings (SSSR count). The molecule has 18 heavy (non-hydrogen) atoms. The maximum Gasteiger partial charge on any atom is 0.343 e. The van der Waals surface area contributed by atoms with Crippen molar-refractivity contribution >= 4 is 16.9 Å². The molecule has 1 aromatic carbocycles. The van der Waals surface area contributed by atoms with E-state index in [4.69, 9.17) is 9.47 Å². The molecule has 1 aromatic heterocycles. The lowest BCUT2D eigenvalue weighted by molar-refractivity contribution is 0.0599. The highest BCUT2D eigenvalue weighted by Gasteiger charge is 2.20. The van der Waals surface area contributed by atoms with Gasteiger partial charge in [0.2, 0.25) is 12.2 Å². The Morgan fingerprint density at radius 2 is 2.22 bits per heavy atom. The first-order valence-electron chi connectivity index (χ1n) is 5.24. The number of esters is 1. The average Bonchev–Trinajstić information content (AvgIpc) is 2.87. The van der Waals surface area contributed by atoms with Crippen LogP contribution in [0.5, 0.6) is 11.5 Å². The topological polar surface area (TPSA) is 77.6 Å². The van der Waals surface area contributed by atoms with Crippen molar-refractivity contribution in [2.45, 2.75) is 0 Å². The number of nitrogens with one attached hydrogen (secondary N) is 1. The van der Waals surface area contributed by atoms with E-state index in [9.17, 15) is 9.59 Å². The Bertz CT molecular complexity index is 703. The minimum Gasteiger partial charge on any atom is -0.465 e. The van der Waals surface area contributed by atoms with Crippen molar-refractivity contribution in [3.05, 3.63) is 34.1 Å². The molecule has 1 N–H and O–H groups in total. The van der Waals surface area contributed by atoms with E-state index >= 15 is 0 Å². The van der Waals surface area contributed by atoms with Gasteiger partial charge in [0.25, 0.3) is 0 Å². The van der Waals surface area contributed by atoms with Gasteiger partial charge in [-0.2, -0.15) is 0 Å². The van der Waals surface area contributed by atoms with Crippen LogP contribution in [-0.4, -0.2) is 24.9 Å². The minimum absolute atomic E-state index is 0.0381. The zero-order chi connectivity index (χ0) is 12.7. The third-order valence-corrected chi connectivity index (χ3v) is 2.79. The summed E-state index contributed by atoms with van der Waals surface area (Å²) in [5.74, 6) is 0.390. The van der Waals surface area contributed by atoms with E-state index in [0.717, 1.165) is 0 Å². The van der Waals surface area contributed by atoms with Gasteiger partial charge in [0.1, 0.15) is 5.56 Å². The molecule has 0 atom stereocenters. The van der Waals surface area contributed by atoms with E-state index in [-0.39, 0.29) is 12.4 Å². The number of fused-ring (bicyclic) bond motifs is 3. The zero-order valence-corrected chi connectivity index (χ0v) is 9.48. The van der Waals surface area contributed by atoms with Gasteiger partial charge in [-0.05, 0) is 12.1 Å². The van der Waals surface area contributed by atoms with Crippen molar-refractivity contribution in [2.75, 3.05) is 13.9 Å². The summed E-state index contributed by atoms with van der Waals surface area (Å²) in [5.41, 5.74) is 0.0837. The predicted octanol–water partition coefficient (Wildman–Crippen LogP) is 1.04. The van der Waals surface area contributed by atoms with E-state index in [0.29, 0.717) is 22.4 Å². The molecule has 6 heteroatoms. The molecule has 1 aliphatic rings. The summed E-state index contributed by atoms with van der Waals surface area (Å²) in [6, 6.07) is 3.23. The molecular formula is C12H9NO5. The second-order valence-electron chi connectivity index (χ2n) is 3.74. The van der Waals surface area contributed by atoms with Crippen LogP contribution in [0.3, 0.4) is 0 Å². The lowest BCUT2D eigenvalue weighted by Gasteiger charge is -2.04. The Morgan fingerprint density at radius 3 is 3.00 bits per heavy atom. The number of aromatic nitrogens is 1. The van der Waals surface area contributed by atoms with E-state index in [1.807, 2.05) is 0 Å². The highest BCUT2D eigenvalue weighted by molar-refractivity contribution is 5.95. The maximum atomic E-state index is 12.1. The van der Waals surface area contributed by atoms with Gasteiger partial charge in [0.15, 0.2) is 11.5 Å². The predicted molar refractivity (Wildman–Crippen MR) is 62.0 cm³/mol. The van der Waals surface area contributed by atoms with Crippen molar-refractivity contribution in [1.82, 2.24) is 4.98 Å². The maximum absolute atomic E-state index is 12.1. The molecule has 0 saturated heterocycles. The Morgan fingerprint density at radius 1 is 1.39 bits per heavy atom. The van der Waals surface area contributed by atoms with Crippen molar-refractivity contribution in [3.63, 3.8) is 0 Å². The van der Waals surface area contributed by atoms with Gasteiger partial charge < -0.3 is 19.2 Å². The fourth-order valence-electron chi connectivity index (χ4n) is 1.92. The monoisotopic (exact) mass is 247 g/mol. The molecular weight excluding hydrogens is 238 g/mol. The molecule has 0 radical (unpaired) electrons. The lowest BCUT2D eigenvalue weighted by Crippen LogP contribution is -2.17. The Labute approximate surface area is 101 Å². The summed E-state index contributed by atoms with van der Waals surface area (Å²) in [5, 5.41) is 0.363. The molecule has 2 aromatic rings. The number of H-pyrrole nitrogens is 1. The first kappa shape index (κ1) is 10.6. The summed E-state index contributed by atoms with van der Waals surface area (Å²) in [4.78, 5) is 26.4. The average molecular weight is 247 g/mol. The van der Waals surface area contributed by atoms with Gasteiger partial charge in [0, 0.05) is 6.20 Å². The van der Waals surface area contributed by atoms with Crippen molar-refractivity contribution < 1.29 is 19.0 Å². The first-order chi connectivity index (χ1) is 8.72. The number of hydrogen-bond acceptors (Lipinski definition) is 5. The summed E-state index contributed by atoms with van der Waals surface area (Å²) in [6.07, 6.45) is 1.32. The zero-order valence-electron chi connectivity index (χ0n) is 9.48. The molecule has 6 nitrogen and oxygen atoms in total. The number of ether oxygens (including phenoxy) is 3. The van der Waals surface area contributed by atoms with Crippen molar-refractivity contribution in [2.24, 2.45) is 0 Å². The van der Waals surface area contributed by atoms with Gasteiger partial charge in [-0.25, -0.2) is 4.79 Å². The highest BCUT2D eigenvalue weighted by atomic mass is 16.7. The number of carbonyl (C=O) groups excluding carboxylic acids is 1. The van der Waals surface area contributed by atoms with Gasteiger partial charge in [-0.3, -0.25) is 4.79 Å². The van der Waals surface area contributed by atoms with Crippen molar-refractivity contribution in [1.29, 1.82) is 0 Å². The van der Waals surface area contributed by atoms with Gasteiger partial charge in [-0.1, -0.05) is 0 Å². The number of methoxy groups -OCH3 is 1. The quantitative estimate of drug-likeness (QED) is 0.762. The van der Waals surface area contributed by atoms with E-state index < -0.39 is 11.4 Å². The van der Waals surface area contributed by atoms with Crippen LogP contribution in [0.15, 0.2) is 23.1 Å². The molecule has 0 bridgehead atoms. The van der Waals surface area contributed by atoms with Gasteiger partial charge in [-0.15, -0.1) is 0 Å². The molecule has 0 fully saturated rings. The normalized spacial score (nSPS) is 12.7. The summed E-state index contributed by atoms with van der Waals surface area (Å²) >= 11 is 0. The number of pyridine rings is 1. The lowest BCUT2D eigenvalue weighted by atomic mass is 10.1. The van der Waals surface area contributed by atoms with E-state index in [1.165, 1.54) is 13.3 Å². The van der Waals surface area contributed by atoms with Crippen LogP contribution in [0.2, 0.25) is 0 Å². The Hall–Kier alpha value is -2.50. The minimum atomic E-state index is -0.671. The molecule has 0 aliphatic carbocycles. The van der Waals surface area contributed by atoms with Crippen LogP contribution < -0.4 is 14.9 Å².